The van der Waals surface area contributed by atoms with Crippen LogP contribution >= 0.6 is 0 Å². The van der Waals surface area contributed by atoms with Crippen LogP contribution in [0.2, 0.25) is 0 Å². The van der Waals surface area contributed by atoms with E-state index in [0.717, 1.165) is 11.1 Å². The van der Waals surface area contributed by atoms with Gasteiger partial charge in [-0.2, -0.15) is 5.10 Å². The van der Waals surface area contributed by atoms with E-state index >= 15 is 0 Å². The quantitative estimate of drug-likeness (QED) is 0.597. The maximum absolute atomic E-state index is 13.2. The molecule has 2 heterocycles. The zero-order valence-corrected chi connectivity index (χ0v) is 17.8. The molecule has 0 spiro atoms. The topological polar surface area (TPSA) is 112 Å². The summed E-state index contributed by atoms with van der Waals surface area (Å²) in [5.41, 5.74) is 2.75. The molecule has 1 aromatic heterocycles. The van der Waals surface area contributed by atoms with Gasteiger partial charge in [-0.3, -0.25) is 9.59 Å². The van der Waals surface area contributed by atoms with Gasteiger partial charge in [-0.15, -0.1) is 0 Å². The molecule has 0 saturated heterocycles. The minimum Gasteiger partial charge on any atom is -0.497 e. The fourth-order valence-corrected chi connectivity index (χ4v) is 3.66. The summed E-state index contributed by atoms with van der Waals surface area (Å²) in [7, 11) is 2.86. The lowest BCUT2D eigenvalue weighted by molar-refractivity contribution is -0.125. The van der Waals surface area contributed by atoms with Crippen LogP contribution in [0.25, 0.3) is 11.3 Å². The fourth-order valence-electron chi connectivity index (χ4n) is 3.66. The highest BCUT2D eigenvalue weighted by molar-refractivity contribution is 6.05. The SMILES string of the molecule is COC(=O)c1ccccc1NC(=O)[C@@H]1CC(=O)Nc2c(C)c(-c3ccc(OC)cc3)nn21. The number of esters is 1. The average molecular weight is 434 g/mol. The van der Waals surface area contributed by atoms with E-state index in [9.17, 15) is 14.4 Å². The van der Waals surface area contributed by atoms with Crippen molar-refractivity contribution in [1.29, 1.82) is 0 Å². The van der Waals surface area contributed by atoms with Gasteiger partial charge in [-0.1, -0.05) is 12.1 Å². The summed E-state index contributed by atoms with van der Waals surface area (Å²) in [6.07, 6.45) is -0.0810. The predicted octanol–water partition coefficient (Wildman–Crippen LogP) is 3.18. The van der Waals surface area contributed by atoms with Crippen LogP contribution < -0.4 is 15.4 Å². The molecule has 0 radical (unpaired) electrons. The number of hydrogen-bond donors (Lipinski definition) is 2. The second-order valence-corrected chi connectivity index (χ2v) is 7.29. The Bertz CT molecular complexity index is 1200. The lowest BCUT2D eigenvalue weighted by atomic mass is 10.1. The number of ether oxygens (including phenoxy) is 2. The number of hydrogen-bond acceptors (Lipinski definition) is 6. The molecule has 164 valence electrons. The number of carbonyl (C=O) groups excluding carboxylic acids is 3. The molecule has 4 rings (SSSR count). The number of nitrogens with one attached hydrogen (secondary N) is 2. The van der Waals surface area contributed by atoms with Crippen LogP contribution in [0.3, 0.4) is 0 Å². The lowest BCUT2D eigenvalue weighted by Crippen LogP contribution is -2.36. The molecule has 1 aliphatic rings. The third-order valence-corrected chi connectivity index (χ3v) is 5.34. The predicted molar refractivity (Wildman–Crippen MR) is 118 cm³/mol. The van der Waals surface area contributed by atoms with Crippen LogP contribution in [-0.2, 0) is 14.3 Å². The standard InChI is InChI=1S/C23H22N4O5/c1-13-20(14-8-10-15(31-2)11-9-14)26-27-18(12-19(28)25-21(13)27)22(29)24-17-7-5-4-6-16(17)23(30)32-3/h4-11,18H,12H2,1-3H3,(H,24,29)(H,25,28)/t18-/m0/s1. The number of methoxy groups -OCH3 is 2. The zero-order valence-electron chi connectivity index (χ0n) is 17.8. The summed E-state index contributed by atoms with van der Waals surface area (Å²) in [5.74, 6) is -0.136. The first-order valence-corrected chi connectivity index (χ1v) is 9.94. The molecule has 0 saturated carbocycles. The molecular weight excluding hydrogens is 412 g/mol. The van der Waals surface area contributed by atoms with Crippen molar-refractivity contribution in [2.24, 2.45) is 0 Å². The van der Waals surface area contributed by atoms with Gasteiger partial charge in [0.25, 0.3) is 0 Å². The summed E-state index contributed by atoms with van der Waals surface area (Å²) in [4.78, 5) is 37.6. The summed E-state index contributed by atoms with van der Waals surface area (Å²) in [5, 5.41) is 10.2. The zero-order chi connectivity index (χ0) is 22.8. The Kier molecular flexibility index (Phi) is 5.63. The van der Waals surface area contributed by atoms with Gasteiger partial charge in [0, 0.05) is 11.1 Å². The van der Waals surface area contributed by atoms with Gasteiger partial charge in [0.2, 0.25) is 11.8 Å². The van der Waals surface area contributed by atoms with Gasteiger partial charge in [0.05, 0.1) is 37.6 Å². The third kappa shape index (κ3) is 3.80. The summed E-state index contributed by atoms with van der Waals surface area (Å²) >= 11 is 0. The number of anilines is 2. The van der Waals surface area contributed by atoms with E-state index in [1.807, 2.05) is 31.2 Å². The number of para-hydroxylation sites is 1. The Labute approximate surface area is 184 Å². The van der Waals surface area contributed by atoms with Crippen molar-refractivity contribution >= 4 is 29.3 Å². The van der Waals surface area contributed by atoms with E-state index in [-0.39, 0.29) is 17.9 Å². The van der Waals surface area contributed by atoms with Crippen molar-refractivity contribution in [3.05, 3.63) is 59.7 Å². The van der Waals surface area contributed by atoms with E-state index in [4.69, 9.17) is 9.47 Å². The number of nitrogens with zero attached hydrogens (tertiary/aromatic N) is 2. The normalized spacial score (nSPS) is 14.8. The monoisotopic (exact) mass is 434 g/mol. The van der Waals surface area contributed by atoms with E-state index in [2.05, 4.69) is 15.7 Å². The molecule has 9 nitrogen and oxygen atoms in total. The number of benzene rings is 2. The minimum absolute atomic E-state index is 0.0810. The molecule has 1 aliphatic heterocycles. The molecular formula is C23H22N4O5. The molecule has 3 aromatic rings. The van der Waals surface area contributed by atoms with E-state index in [0.29, 0.717) is 22.9 Å². The molecule has 0 fully saturated rings. The highest BCUT2D eigenvalue weighted by atomic mass is 16.5. The van der Waals surface area contributed by atoms with Crippen LogP contribution in [0.1, 0.15) is 28.4 Å². The van der Waals surface area contributed by atoms with Crippen LogP contribution in [0.4, 0.5) is 11.5 Å². The first-order chi connectivity index (χ1) is 15.4. The Morgan fingerprint density at radius 3 is 2.53 bits per heavy atom. The lowest BCUT2D eigenvalue weighted by Gasteiger charge is -2.24. The third-order valence-electron chi connectivity index (χ3n) is 5.34. The maximum atomic E-state index is 13.2. The number of carbonyl (C=O) groups is 3. The largest absolute Gasteiger partial charge is 0.497 e. The van der Waals surface area contributed by atoms with Crippen LogP contribution in [0.5, 0.6) is 5.75 Å². The van der Waals surface area contributed by atoms with Crippen molar-refractivity contribution in [2.75, 3.05) is 24.9 Å². The summed E-state index contributed by atoms with van der Waals surface area (Å²) < 4.78 is 11.5. The first kappa shape index (κ1) is 21.1. The average Bonchev–Trinajstić information content (AvgIpc) is 3.14. The Morgan fingerprint density at radius 1 is 1.12 bits per heavy atom. The van der Waals surface area contributed by atoms with Gasteiger partial charge in [-0.25, -0.2) is 9.48 Å². The van der Waals surface area contributed by atoms with Crippen LogP contribution in [0, 0.1) is 6.92 Å². The molecule has 2 amide bonds. The molecule has 0 unspecified atom stereocenters. The molecule has 1 atom stereocenters. The van der Waals surface area contributed by atoms with Crippen LogP contribution in [-0.4, -0.2) is 41.8 Å². The van der Waals surface area contributed by atoms with E-state index < -0.39 is 17.9 Å². The highest BCUT2D eigenvalue weighted by Gasteiger charge is 2.34. The van der Waals surface area contributed by atoms with Crippen molar-refractivity contribution in [1.82, 2.24) is 9.78 Å². The van der Waals surface area contributed by atoms with Crippen LogP contribution in [0.15, 0.2) is 48.5 Å². The number of fused-ring (bicyclic) bond motifs is 1. The number of rotatable bonds is 5. The molecule has 0 bridgehead atoms. The van der Waals surface area contributed by atoms with E-state index in [1.165, 1.54) is 11.8 Å². The molecule has 2 N–H and O–H groups in total. The second kappa shape index (κ2) is 8.54. The summed E-state index contributed by atoms with van der Waals surface area (Å²) in [6, 6.07) is 13.0. The fraction of sp³-hybridized carbons (Fsp3) is 0.217. The van der Waals surface area contributed by atoms with Gasteiger partial charge < -0.3 is 20.1 Å². The second-order valence-electron chi connectivity index (χ2n) is 7.29. The summed E-state index contributed by atoms with van der Waals surface area (Å²) in [6.45, 7) is 1.84. The minimum atomic E-state index is -0.879. The van der Waals surface area contributed by atoms with Crippen molar-refractivity contribution in [3.8, 4) is 17.0 Å². The first-order valence-electron chi connectivity index (χ1n) is 9.94. The smallest absolute Gasteiger partial charge is 0.339 e. The highest BCUT2D eigenvalue weighted by Crippen LogP contribution is 2.35. The Balaban J connectivity index is 1.68. The molecule has 9 heteroatoms. The van der Waals surface area contributed by atoms with Gasteiger partial charge in [0.1, 0.15) is 17.6 Å². The van der Waals surface area contributed by atoms with Crippen molar-refractivity contribution in [2.45, 2.75) is 19.4 Å². The Morgan fingerprint density at radius 2 is 1.84 bits per heavy atom. The molecule has 0 aliphatic carbocycles. The molecule has 32 heavy (non-hydrogen) atoms. The van der Waals surface area contributed by atoms with E-state index in [1.54, 1.807) is 31.4 Å². The number of amides is 2. The van der Waals surface area contributed by atoms with Gasteiger partial charge >= 0.3 is 5.97 Å². The Hall–Kier alpha value is -4.14. The maximum Gasteiger partial charge on any atom is 0.339 e. The van der Waals surface area contributed by atoms with Gasteiger partial charge in [0.15, 0.2) is 0 Å². The van der Waals surface area contributed by atoms with Crippen molar-refractivity contribution in [3.63, 3.8) is 0 Å². The van der Waals surface area contributed by atoms with Gasteiger partial charge in [-0.05, 0) is 43.3 Å². The van der Waals surface area contributed by atoms with Crippen molar-refractivity contribution < 1.29 is 23.9 Å². The molecule has 2 aromatic carbocycles. The number of aromatic nitrogens is 2.